The molecule has 0 aromatic heterocycles. The van der Waals surface area contributed by atoms with Crippen LogP contribution in [0.2, 0.25) is 0 Å². The minimum Gasteiger partial charge on any atom is -0.497 e. The fourth-order valence-electron chi connectivity index (χ4n) is 3.47. The van der Waals surface area contributed by atoms with Gasteiger partial charge in [-0.3, -0.25) is 9.59 Å². The van der Waals surface area contributed by atoms with Gasteiger partial charge < -0.3 is 30.2 Å². The number of anilines is 2. The molecule has 0 aliphatic carbocycles. The lowest BCUT2D eigenvalue weighted by atomic mass is 9.98. The van der Waals surface area contributed by atoms with Gasteiger partial charge in [0.25, 0.3) is 0 Å². The molecule has 3 aromatic rings. The number of hydrogen-bond donors (Lipinski definition) is 3. The molecule has 0 fully saturated rings. The molecule has 8 nitrogen and oxygen atoms in total. The number of rotatable bonds is 10. The topological polar surface area (TPSA) is 97.9 Å². The van der Waals surface area contributed by atoms with E-state index in [2.05, 4.69) is 16.0 Å². The number of methoxy groups -OCH3 is 3. The van der Waals surface area contributed by atoms with E-state index in [9.17, 15) is 9.59 Å². The molecule has 0 spiro atoms. The Morgan fingerprint density at radius 2 is 1.35 bits per heavy atom. The van der Waals surface area contributed by atoms with Gasteiger partial charge in [0.1, 0.15) is 17.2 Å². The zero-order valence-electron chi connectivity index (χ0n) is 19.7. The normalized spacial score (nSPS) is 10.4. The van der Waals surface area contributed by atoms with Crippen LogP contribution in [0.1, 0.15) is 24.1 Å². The average molecular weight is 464 g/mol. The first-order valence-corrected chi connectivity index (χ1v) is 10.7. The first kappa shape index (κ1) is 24.4. The highest BCUT2D eigenvalue weighted by molar-refractivity contribution is 5.90. The highest BCUT2D eigenvalue weighted by atomic mass is 16.5. The van der Waals surface area contributed by atoms with Crippen molar-refractivity contribution >= 4 is 23.2 Å². The summed E-state index contributed by atoms with van der Waals surface area (Å²) in [5, 5.41) is 8.90. The smallest absolute Gasteiger partial charge is 0.240 e. The van der Waals surface area contributed by atoms with E-state index in [-0.39, 0.29) is 24.4 Å². The molecule has 178 valence electrons. The molecular weight excluding hydrogens is 434 g/mol. The molecule has 0 bridgehead atoms. The van der Waals surface area contributed by atoms with Crippen molar-refractivity contribution in [3.8, 4) is 17.2 Å². The summed E-state index contributed by atoms with van der Waals surface area (Å²) in [6, 6.07) is 19.9. The van der Waals surface area contributed by atoms with Crippen molar-refractivity contribution in [1.29, 1.82) is 0 Å². The van der Waals surface area contributed by atoms with Gasteiger partial charge in [-0.1, -0.05) is 24.3 Å². The molecule has 0 saturated heterocycles. The Labute approximate surface area is 199 Å². The van der Waals surface area contributed by atoms with E-state index in [1.54, 1.807) is 39.5 Å². The number of nitrogens with one attached hydrogen (secondary N) is 3. The number of carbonyl (C=O) groups is 2. The van der Waals surface area contributed by atoms with E-state index >= 15 is 0 Å². The van der Waals surface area contributed by atoms with Crippen molar-refractivity contribution < 1.29 is 23.8 Å². The van der Waals surface area contributed by atoms with Gasteiger partial charge in [-0.15, -0.1) is 0 Å². The van der Waals surface area contributed by atoms with Crippen LogP contribution < -0.4 is 30.2 Å². The third kappa shape index (κ3) is 6.41. The number of benzene rings is 3. The van der Waals surface area contributed by atoms with Crippen LogP contribution in [0.25, 0.3) is 0 Å². The lowest BCUT2D eigenvalue weighted by Gasteiger charge is -2.21. The zero-order valence-corrected chi connectivity index (χ0v) is 19.7. The Balaban J connectivity index is 1.78. The Kier molecular flexibility index (Phi) is 8.34. The summed E-state index contributed by atoms with van der Waals surface area (Å²) < 4.78 is 15.9. The van der Waals surface area contributed by atoms with Gasteiger partial charge in [0, 0.05) is 12.6 Å². The molecular formula is C26H29N3O5. The van der Waals surface area contributed by atoms with Crippen molar-refractivity contribution in [2.75, 3.05) is 38.5 Å². The van der Waals surface area contributed by atoms with Gasteiger partial charge in [0.2, 0.25) is 11.8 Å². The fourth-order valence-corrected chi connectivity index (χ4v) is 3.47. The van der Waals surface area contributed by atoms with E-state index < -0.39 is 0 Å². The second-order valence-corrected chi connectivity index (χ2v) is 7.50. The van der Waals surface area contributed by atoms with E-state index in [0.717, 1.165) is 22.6 Å². The minimum absolute atomic E-state index is 0.00267. The zero-order chi connectivity index (χ0) is 24.5. The Bertz CT molecular complexity index is 1070. The molecule has 2 amide bonds. The Morgan fingerprint density at radius 3 is 1.82 bits per heavy atom. The maximum atomic E-state index is 12.9. The van der Waals surface area contributed by atoms with Crippen molar-refractivity contribution in [1.82, 2.24) is 5.32 Å². The lowest BCUT2D eigenvalue weighted by Crippen LogP contribution is -2.34. The van der Waals surface area contributed by atoms with Gasteiger partial charge in [-0.05, 0) is 53.6 Å². The van der Waals surface area contributed by atoms with Crippen molar-refractivity contribution in [3.63, 3.8) is 0 Å². The molecule has 0 aliphatic rings. The standard InChI is InChI=1S/C26H29N3O5/c1-17(30)28-20-9-14-24(34-4)23(15-20)27-16-25(31)29-26(18-5-10-21(32-2)11-6-18)19-7-12-22(33-3)13-8-19/h5-15,26-27H,16H2,1-4H3,(H,28,30)(H,29,31). The summed E-state index contributed by atoms with van der Waals surface area (Å²) in [5.41, 5.74) is 3.01. The minimum atomic E-state index is -0.376. The third-order valence-corrected chi connectivity index (χ3v) is 5.16. The molecule has 0 aliphatic heterocycles. The van der Waals surface area contributed by atoms with Crippen LogP contribution in [0.5, 0.6) is 17.2 Å². The fraction of sp³-hybridized carbons (Fsp3) is 0.231. The molecule has 0 heterocycles. The first-order chi connectivity index (χ1) is 16.4. The van der Waals surface area contributed by atoms with E-state index in [0.29, 0.717) is 17.1 Å². The summed E-state index contributed by atoms with van der Waals surface area (Å²) in [7, 11) is 4.76. The van der Waals surface area contributed by atoms with Crippen LogP contribution in [-0.2, 0) is 9.59 Å². The van der Waals surface area contributed by atoms with Gasteiger partial charge in [0.15, 0.2) is 0 Å². The molecule has 0 saturated carbocycles. The number of amides is 2. The van der Waals surface area contributed by atoms with Gasteiger partial charge in [0.05, 0.1) is 39.6 Å². The van der Waals surface area contributed by atoms with Gasteiger partial charge >= 0.3 is 0 Å². The molecule has 34 heavy (non-hydrogen) atoms. The Morgan fingerprint density at radius 1 is 0.794 bits per heavy atom. The molecule has 3 aromatic carbocycles. The average Bonchev–Trinajstić information content (AvgIpc) is 2.86. The predicted octanol–water partition coefficient (Wildman–Crippen LogP) is 3.99. The van der Waals surface area contributed by atoms with E-state index in [1.807, 2.05) is 48.5 Å². The Hall–Kier alpha value is -4.20. The van der Waals surface area contributed by atoms with Crippen LogP contribution in [0.3, 0.4) is 0 Å². The van der Waals surface area contributed by atoms with Crippen LogP contribution >= 0.6 is 0 Å². The molecule has 0 radical (unpaired) electrons. The van der Waals surface area contributed by atoms with Crippen LogP contribution in [0, 0.1) is 0 Å². The second kappa shape index (κ2) is 11.6. The maximum absolute atomic E-state index is 12.9. The monoisotopic (exact) mass is 463 g/mol. The second-order valence-electron chi connectivity index (χ2n) is 7.50. The van der Waals surface area contributed by atoms with Crippen molar-refractivity contribution in [3.05, 3.63) is 77.9 Å². The van der Waals surface area contributed by atoms with E-state index in [1.165, 1.54) is 6.92 Å². The number of ether oxygens (including phenoxy) is 3. The van der Waals surface area contributed by atoms with Crippen molar-refractivity contribution in [2.45, 2.75) is 13.0 Å². The summed E-state index contributed by atoms with van der Waals surface area (Å²) in [4.78, 5) is 24.3. The number of carbonyl (C=O) groups excluding carboxylic acids is 2. The molecule has 3 N–H and O–H groups in total. The SMILES string of the molecule is COc1ccc(C(NC(=O)CNc2cc(NC(C)=O)ccc2OC)c2ccc(OC)cc2)cc1. The largest absolute Gasteiger partial charge is 0.497 e. The van der Waals surface area contributed by atoms with Crippen molar-refractivity contribution in [2.24, 2.45) is 0 Å². The molecule has 0 atom stereocenters. The van der Waals surface area contributed by atoms with Gasteiger partial charge in [-0.2, -0.15) is 0 Å². The highest BCUT2D eigenvalue weighted by Crippen LogP contribution is 2.28. The summed E-state index contributed by atoms with van der Waals surface area (Å²) in [6.07, 6.45) is 0. The lowest BCUT2D eigenvalue weighted by molar-refractivity contribution is -0.120. The quantitative estimate of drug-likeness (QED) is 0.421. The summed E-state index contributed by atoms with van der Waals surface area (Å²) in [5.74, 6) is 1.62. The molecule has 0 unspecified atom stereocenters. The number of hydrogen-bond acceptors (Lipinski definition) is 6. The molecule has 8 heteroatoms. The highest BCUT2D eigenvalue weighted by Gasteiger charge is 2.18. The van der Waals surface area contributed by atoms with Crippen LogP contribution in [0.4, 0.5) is 11.4 Å². The predicted molar refractivity (Wildman–Crippen MR) is 132 cm³/mol. The maximum Gasteiger partial charge on any atom is 0.240 e. The summed E-state index contributed by atoms with van der Waals surface area (Å²) >= 11 is 0. The molecule has 3 rings (SSSR count). The first-order valence-electron chi connectivity index (χ1n) is 10.7. The summed E-state index contributed by atoms with van der Waals surface area (Å²) in [6.45, 7) is 1.44. The van der Waals surface area contributed by atoms with Crippen LogP contribution in [0.15, 0.2) is 66.7 Å². The van der Waals surface area contributed by atoms with Crippen LogP contribution in [-0.4, -0.2) is 39.7 Å². The van der Waals surface area contributed by atoms with Gasteiger partial charge in [-0.25, -0.2) is 0 Å². The third-order valence-electron chi connectivity index (χ3n) is 5.16. The van der Waals surface area contributed by atoms with E-state index in [4.69, 9.17) is 14.2 Å².